The van der Waals surface area contributed by atoms with E-state index in [1.54, 1.807) is 0 Å². The van der Waals surface area contributed by atoms with Gasteiger partial charge in [-0.2, -0.15) is 0 Å². The normalized spacial score (nSPS) is 18.9. The number of amides is 1. The van der Waals surface area contributed by atoms with Crippen LogP contribution in [0.15, 0.2) is 18.2 Å². The van der Waals surface area contributed by atoms with E-state index in [0.717, 1.165) is 18.2 Å². The molecule has 0 radical (unpaired) electrons. The molecule has 1 heterocycles. The van der Waals surface area contributed by atoms with Crippen molar-refractivity contribution < 1.29 is 23.4 Å². The van der Waals surface area contributed by atoms with E-state index in [9.17, 15) is 13.6 Å². The maximum Gasteiger partial charge on any atom is 0.407 e. The summed E-state index contributed by atoms with van der Waals surface area (Å²) in [5, 5.41) is 12.1. The van der Waals surface area contributed by atoms with Gasteiger partial charge in [0, 0.05) is 43.9 Å². The fraction of sp³-hybridized carbons (Fsp3) is 0.462. The first kappa shape index (κ1) is 14.5. The molecule has 2 rings (SSSR count). The van der Waals surface area contributed by atoms with Crippen LogP contribution >= 0.6 is 0 Å². The number of halogens is 2. The Bertz CT molecular complexity index is 464. The van der Waals surface area contributed by atoms with Gasteiger partial charge in [-0.3, -0.25) is 0 Å². The van der Waals surface area contributed by atoms with E-state index >= 15 is 0 Å². The summed E-state index contributed by atoms with van der Waals surface area (Å²) in [7, 11) is 0. The number of nitrogens with one attached hydrogen (secondary N) is 1. The number of nitrogens with zero attached hydrogens (tertiary/aromatic N) is 1. The van der Waals surface area contributed by atoms with Gasteiger partial charge >= 0.3 is 6.09 Å². The molecule has 1 atom stereocenters. The third-order valence-corrected chi connectivity index (χ3v) is 3.10. The summed E-state index contributed by atoms with van der Waals surface area (Å²) in [6.07, 6.45) is -0.383. The minimum atomic E-state index is -0.940. The summed E-state index contributed by atoms with van der Waals surface area (Å²) < 4.78 is 31.2. The first-order valence-electron chi connectivity index (χ1n) is 6.35. The lowest BCUT2D eigenvalue weighted by Crippen LogP contribution is -2.52. The van der Waals surface area contributed by atoms with Crippen LogP contribution in [0.1, 0.15) is 6.42 Å². The maximum atomic E-state index is 12.9. The van der Waals surface area contributed by atoms with Gasteiger partial charge in [-0.25, -0.2) is 13.6 Å². The number of rotatable bonds is 4. The molecule has 1 unspecified atom stereocenters. The lowest BCUT2D eigenvalue weighted by Gasteiger charge is -2.31. The molecule has 1 aromatic rings. The third kappa shape index (κ3) is 4.06. The molecule has 1 aromatic carbocycles. The highest BCUT2D eigenvalue weighted by molar-refractivity contribution is 5.65. The Hall–Kier alpha value is -1.89. The van der Waals surface area contributed by atoms with Crippen LogP contribution in [0, 0.1) is 11.6 Å². The zero-order valence-electron chi connectivity index (χ0n) is 10.8. The maximum absolute atomic E-state index is 12.9. The second-order valence-corrected chi connectivity index (χ2v) is 4.62. The monoisotopic (exact) mass is 286 g/mol. The Morgan fingerprint density at radius 2 is 2.10 bits per heavy atom. The Morgan fingerprint density at radius 3 is 2.75 bits per heavy atom. The second kappa shape index (κ2) is 6.51. The van der Waals surface area contributed by atoms with Crippen LogP contribution in [-0.2, 0) is 0 Å². The van der Waals surface area contributed by atoms with E-state index < -0.39 is 17.7 Å². The van der Waals surface area contributed by atoms with Crippen LogP contribution in [0.4, 0.5) is 13.6 Å². The largest absolute Gasteiger partial charge is 0.493 e. The molecule has 0 saturated carbocycles. The Balaban J connectivity index is 1.79. The molecule has 2 N–H and O–H groups in total. The van der Waals surface area contributed by atoms with Gasteiger partial charge in [-0.1, -0.05) is 0 Å². The number of hydrogen-bond acceptors (Lipinski definition) is 3. The summed E-state index contributed by atoms with van der Waals surface area (Å²) in [5.41, 5.74) is 0. The Morgan fingerprint density at radius 1 is 1.40 bits per heavy atom. The number of hydrogen-bond donors (Lipinski definition) is 2. The lowest BCUT2D eigenvalue weighted by molar-refractivity contribution is 0.124. The summed E-state index contributed by atoms with van der Waals surface area (Å²) in [4.78, 5) is 12.2. The van der Waals surface area contributed by atoms with Gasteiger partial charge in [0.1, 0.15) is 17.4 Å². The summed E-state index contributed by atoms with van der Waals surface area (Å²) >= 11 is 0. The van der Waals surface area contributed by atoms with Crippen molar-refractivity contribution in [1.82, 2.24) is 10.2 Å². The lowest BCUT2D eigenvalue weighted by atomic mass is 10.1. The van der Waals surface area contributed by atoms with Crippen molar-refractivity contribution in [1.29, 1.82) is 0 Å². The van der Waals surface area contributed by atoms with Crippen molar-refractivity contribution in [2.45, 2.75) is 12.5 Å². The van der Waals surface area contributed by atoms with Gasteiger partial charge in [0.2, 0.25) is 0 Å². The van der Waals surface area contributed by atoms with E-state index in [1.807, 2.05) is 0 Å². The predicted molar refractivity (Wildman–Crippen MR) is 67.9 cm³/mol. The average Bonchev–Trinajstić information content (AvgIpc) is 2.38. The summed E-state index contributed by atoms with van der Waals surface area (Å²) in [6.45, 7) is 1.69. The molecule has 0 bridgehead atoms. The van der Waals surface area contributed by atoms with Crippen molar-refractivity contribution in [2.75, 3.05) is 26.2 Å². The number of carboxylic acid groups (broad SMARTS) is 1. The minimum Gasteiger partial charge on any atom is -0.493 e. The first-order chi connectivity index (χ1) is 9.54. The van der Waals surface area contributed by atoms with Crippen molar-refractivity contribution in [3.8, 4) is 5.75 Å². The van der Waals surface area contributed by atoms with Gasteiger partial charge in [0.15, 0.2) is 0 Å². The van der Waals surface area contributed by atoms with Crippen LogP contribution in [0.2, 0.25) is 0 Å². The summed E-state index contributed by atoms with van der Waals surface area (Å²) in [6, 6.07) is 2.99. The quantitative estimate of drug-likeness (QED) is 0.884. The van der Waals surface area contributed by atoms with Crippen LogP contribution in [0.25, 0.3) is 0 Å². The fourth-order valence-corrected chi connectivity index (χ4v) is 2.12. The second-order valence-electron chi connectivity index (χ2n) is 4.62. The smallest absolute Gasteiger partial charge is 0.407 e. The molecule has 20 heavy (non-hydrogen) atoms. The molecule has 0 aliphatic carbocycles. The van der Waals surface area contributed by atoms with Crippen LogP contribution in [-0.4, -0.2) is 48.4 Å². The topological polar surface area (TPSA) is 61.8 Å². The molecule has 1 fully saturated rings. The predicted octanol–water partition coefficient (Wildman–Crippen LogP) is 1.69. The molecule has 110 valence electrons. The Kier molecular flexibility index (Phi) is 4.73. The van der Waals surface area contributed by atoms with E-state index in [0.29, 0.717) is 26.1 Å². The van der Waals surface area contributed by atoms with Crippen molar-refractivity contribution in [3.05, 3.63) is 29.8 Å². The summed E-state index contributed by atoms with van der Waals surface area (Å²) in [5.74, 6) is -1.24. The highest BCUT2D eigenvalue weighted by atomic mass is 19.1. The standard InChI is InChI=1S/C13H16F2N2O3/c14-9-5-10(15)7-12(6-9)20-4-1-11-8-17(13(18)19)3-2-16-11/h5-7,11,16H,1-4,8H2,(H,18,19). The number of benzene rings is 1. The molecule has 0 spiro atoms. The highest BCUT2D eigenvalue weighted by Crippen LogP contribution is 2.16. The zero-order chi connectivity index (χ0) is 14.5. The molecule has 1 amide bonds. The highest BCUT2D eigenvalue weighted by Gasteiger charge is 2.22. The van der Waals surface area contributed by atoms with E-state index in [1.165, 1.54) is 4.90 Å². The number of ether oxygens (including phenoxy) is 1. The van der Waals surface area contributed by atoms with E-state index in [-0.39, 0.29) is 18.4 Å². The Labute approximate surface area is 115 Å². The van der Waals surface area contributed by atoms with Crippen molar-refractivity contribution in [2.24, 2.45) is 0 Å². The van der Waals surface area contributed by atoms with Crippen LogP contribution in [0.5, 0.6) is 5.75 Å². The SMILES string of the molecule is O=C(O)N1CCNC(CCOc2cc(F)cc(F)c2)C1. The molecule has 0 aromatic heterocycles. The van der Waals surface area contributed by atoms with Crippen molar-refractivity contribution >= 4 is 6.09 Å². The zero-order valence-corrected chi connectivity index (χ0v) is 10.8. The van der Waals surface area contributed by atoms with Gasteiger partial charge in [-0.05, 0) is 6.42 Å². The fourth-order valence-electron chi connectivity index (χ4n) is 2.12. The molecule has 1 saturated heterocycles. The molecule has 1 aliphatic heterocycles. The minimum absolute atomic E-state index is 0.0155. The van der Waals surface area contributed by atoms with Gasteiger partial charge < -0.3 is 20.1 Å². The number of piperazine rings is 1. The van der Waals surface area contributed by atoms with Gasteiger partial charge in [0.05, 0.1) is 6.61 Å². The van der Waals surface area contributed by atoms with Crippen molar-refractivity contribution in [3.63, 3.8) is 0 Å². The third-order valence-electron chi connectivity index (χ3n) is 3.10. The molecule has 5 nitrogen and oxygen atoms in total. The number of carbonyl (C=O) groups is 1. The molecular formula is C13H16F2N2O3. The molecule has 7 heteroatoms. The van der Waals surface area contributed by atoms with Crippen LogP contribution < -0.4 is 10.1 Å². The molecule has 1 aliphatic rings. The van der Waals surface area contributed by atoms with Gasteiger partial charge in [-0.15, -0.1) is 0 Å². The average molecular weight is 286 g/mol. The van der Waals surface area contributed by atoms with Crippen LogP contribution in [0.3, 0.4) is 0 Å². The molecular weight excluding hydrogens is 270 g/mol. The van der Waals surface area contributed by atoms with E-state index in [4.69, 9.17) is 9.84 Å². The van der Waals surface area contributed by atoms with Gasteiger partial charge in [0.25, 0.3) is 0 Å². The van der Waals surface area contributed by atoms with E-state index in [2.05, 4.69) is 5.32 Å². The first-order valence-corrected chi connectivity index (χ1v) is 6.35.